The minimum absolute atomic E-state index is 0.0812. The summed E-state index contributed by atoms with van der Waals surface area (Å²) in [5, 5.41) is 24.3. The third kappa shape index (κ3) is 4.31. The van der Waals surface area contributed by atoms with E-state index in [-0.39, 0.29) is 12.3 Å². The molecular weight excluding hydrogens is 314 g/mol. The van der Waals surface area contributed by atoms with Gasteiger partial charge in [0.2, 0.25) is 0 Å². The lowest BCUT2D eigenvalue weighted by molar-refractivity contribution is -0.515. The molecule has 23 heavy (non-hydrogen) atoms. The summed E-state index contributed by atoms with van der Waals surface area (Å²) in [7, 11) is 0. The van der Waals surface area contributed by atoms with Crippen molar-refractivity contribution in [2.24, 2.45) is 0 Å². The molecule has 0 aromatic rings. The van der Waals surface area contributed by atoms with Gasteiger partial charge in [-0.1, -0.05) is 0 Å². The van der Waals surface area contributed by atoms with Gasteiger partial charge >= 0.3 is 23.5 Å². The van der Waals surface area contributed by atoms with E-state index in [4.69, 9.17) is 0 Å². The number of nitro groups is 2. The van der Waals surface area contributed by atoms with Gasteiger partial charge < -0.3 is 10.1 Å². The summed E-state index contributed by atoms with van der Waals surface area (Å²) in [6, 6.07) is -3.23. The van der Waals surface area contributed by atoms with E-state index in [1.54, 1.807) is 6.92 Å². The van der Waals surface area contributed by atoms with Crippen LogP contribution in [0, 0.1) is 20.2 Å². The van der Waals surface area contributed by atoms with Gasteiger partial charge in [-0.3, -0.25) is 34.6 Å². The first-order valence-corrected chi connectivity index (χ1v) is 6.65. The molecule has 0 fully saturated rings. The molecule has 1 rings (SSSR count). The van der Waals surface area contributed by atoms with E-state index >= 15 is 0 Å². The second-order valence-electron chi connectivity index (χ2n) is 4.80. The number of ether oxygens (including phenoxy) is 1. The van der Waals surface area contributed by atoms with E-state index in [9.17, 15) is 34.6 Å². The predicted octanol–water partition coefficient (Wildman–Crippen LogP) is -0.407. The fourth-order valence-electron chi connectivity index (χ4n) is 2.26. The van der Waals surface area contributed by atoms with E-state index in [0.717, 1.165) is 0 Å². The van der Waals surface area contributed by atoms with Crippen LogP contribution in [0.25, 0.3) is 0 Å². The van der Waals surface area contributed by atoms with Crippen LogP contribution in [0.15, 0.2) is 11.4 Å². The number of Topliss-reactive ketones (excluding diaryl/α,β-unsaturated/α-hetero) is 2. The monoisotopic (exact) mass is 329 g/mol. The molecular formula is C12H15N3O8. The number of carbonyl (C=O) groups is 3. The standard InChI is InChI=1S/C12H15N3O8/c1-3-23-9(17)5-7(16)4-8-11(15(21)22)12(18)10(14(19)20)6(2)13-8/h8,11,13H,3-5H2,1-2H3/t8-,11-/m0/s1. The number of hydrogen-bond donors (Lipinski definition) is 1. The third-order valence-electron chi connectivity index (χ3n) is 3.14. The first-order valence-electron chi connectivity index (χ1n) is 6.65. The molecule has 1 aliphatic heterocycles. The smallest absolute Gasteiger partial charge is 0.337 e. The number of ketones is 2. The molecule has 1 aliphatic rings. The molecule has 11 heteroatoms. The maximum absolute atomic E-state index is 12.0. The number of nitrogens with one attached hydrogen (secondary N) is 1. The summed E-state index contributed by atoms with van der Waals surface area (Å²) < 4.78 is 4.59. The summed E-state index contributed by atoms with van der Waals surface area (Å²) >= 11 is 0. The summed E-state index contributed by atoms with van der Waals surface area (Å²) in [4.78, 5) is 54.8. The lowest BCUT2D eigenvalue weighted by Crippen LogP contribution is -2.54. The Balaban J connectivity index is 2.95. The maximum atomic E-state index is 12.0. The molecule has 126 valence electrons. The van der Waals surface area contributed by atoms with Gasteiger partial charge in [-0.05, 0) is 13.8 Å². The van der Waals surface area contributed by atoms with Crippen LogP contribution in [0.4, 0.5) is 0 Å². The van der Waals surface area contributed by atoms with Crippen LogP contribution >= 0.6 is 0 Å². The molecule has 0 saturated heterocycles. The lowest BCUT2D eigenvalue weighted by Gasteiger charge is -2.25. The van der Waals surface area contributed by atoms with Crippen LogP contribution in [-0.2, 0) is 19.1 Å². The van der Waals surface area contributed by atoms with E-state index in [2.05, 4.69) is 10.1 Å². The van der Waals surface area contributed by atoms with Crippen molar-refractivity contribution < 1.29 is 29.0 Å². The molecule has 2 atom stereocenters. The summed E-state index contributed by atoms with van der Waals surface area (Å²) in [5.74, 6) is -2.72. The molecule has 0 aliphatic carbocycles. The van der Waals surface area contributed by atoms with Crippen molar-refractivity contribution in [3.63, 3.8) is 0 Å². The molecule has 0 aromatic heterocycles. The van der Waals surface area contributed by atoms with Crippen molar-refractivity contribution in [2.75, 3.05) is 6.61 Å². The van der Waals surface area contributed by atoms with Gasteiger partial charge in [0.15, 0.2) is 0 Å². The maximum Gasteiger partial charge on any atom is 0.337 e. The van der Waals surface area contributed by atoms with Crippen LogP contribution in [0.2, 0.25) is 0 Å². The second-order valence-corrected chi connectivity index (χ2v) is 4.80. The Bertz CT molecular complexity index is 597. The van der Waals surface area contributed by atoms with Crippen molar-refractivity contribution in [3.8, 4) is 0 Å². The van der Waals surface area contributed by atoms with Crippen molar-refractivity contribution in [3.05, 3.63) is 31.6 Å². The average Bonchev–Trinajstić information content (AvgIpc) is 2.36. The number of esters is 1. The SMILES string of the molecule is CCOC(=O)CC(=O)C[C@@H]1NC(C)=C([N+](=O)[O-])C(=O)[C@H]1[N+](=O)[O-]. The highest BCUT2D eigenvalue weighted by Crippen LogP contribution is 2.20. The molecule has 11 nitrogen and oxygen atoms in total. The molecule has 0 amide bonds. The van der Waals surface area contributed by atoms with Gasteiger partial charge in [-0.25, -0.2) is 0 Å². The van der Waals surface area contributed by atoms with Gasteiger partial charge in [0.1, 0.15) is 18.2 Å². The highest BCUT2D eigenvalue weighted by Gasteiger charge is 2.50. The number of hydrogen-bond acceptors (Lipinski definition) is 9. The summed E-state index contributed by atoms with van der Waals surface area (Å²) in [6.07, 6.45) is -1.09. The fourth-order valence-corrected chi connectivity index (χ4v) is 2.26. The van der Waals surface area contributed by atoms with Gasteiger partial charge in [0.05, 0.1) is 17.2 Å². The van der Waals surface area contributed by atoms with Crippen molar-refractivity contribution in [2.45, 2.75) is 38.8 Å². The molecule has 0 aromatic carbocycles. The zero-order chi connectivity index (χ0) is 17.7. The Morgan fingerprint density at radius 2 is 1.91 bits per heavy atom. The zero-order valence-electron chi connectivity index (χ0n) is 12.4. The predicted molar refractivity (Wildman–Crippen MR) is 73.3 cm³/mol. The largest absolute Gasteiger partial charge is 0.466 e. The van der Waals surface area contributed by atoms with Gasteiger partial charge in [-0.15, -0.1) is 0 Å². The van der Waals surface area contributed by atoms with E-state index in [1.165, 1.54) is 6.92 Å². The molecule has 0 bridgehead atoms. The third-order valence-corrected chi connectivity index (χ3v) is 3.14. The van der Waals surface area contributed by atoms with Crippen LogP contribution in [0.1, 0.15) is 26.7 Å². The Morgan fingerprint density at radius 1 is 1.30 bits per heavy atom. The van der Waals surface area contributed by atoms with Crippen LogP contribution < -0.4 is 5.32 Å². The Labute approximate surface area is 130 Å². The highest BCUT2D eigenvalue weighted by atomic mass is 16.6. The zero-order valence-corrected chi connectivity index (χ0v) is 12.4. The fraction of sp³-hybridized carbons (Fsp3) is 0.583. The molecule has 0 spiro atoms. The van der Waals surface area contributed by atoms with Crippen molar-refractivity contribution in [1.29, 1.82) is 0 Å². The minimum Gasteiger partial charge on any atom is -0.466 e. The van der Waals surface area contributed by atoms with Gasteiger partial charge in [0, 0.05) is 11.3 Å². The quantitative estimate of drug-likeness (QED) is 0.283. The lowest BCUT2D eigenvalue weighted by atomic mass is 9.92. The Morgan fingerprint density at radius 3 is 2.39 bits per heavy atom. The highest BCUT2D eigenvalue weighted by molar-refractivity contribution is 6.00. The van der Waals surface area contributed by atoms with E-state index in [1.807, 2.05) is 0 Å². The normalized spacial score (nSPS) is 20.7. The molecule has 1 N–H and O–H groups in total. The molecule has 0 radical (unpaired) electrons. The van der Waals surface area contributed by atoms with Crippen molar-refractivity contribution >= 4 is 17.5 Å². The van der Waals surface area contributed by atoms with Crippen molar-refractivity contribution in [1.82, 2.24) is 5.32 Å². The molecule has 0 unspecified atom stereocenters. The summed E-state index contributed by atoms with van der Waals surface area (Å²) in [6.45, 7) is 2.85. The number of nitrogens with zero attached hydrogens (tertiary/aromatic N) is 2. The first-order chi connectivity index (χ1) is 10.7. The number of rotatable bonds is 7. The van der Waals surface area contributed by atoms with E-state index < -0.39 is 58.0 Å². The first kappa shape index (κ1) is 18.2. The van der Waals surface area contributed by atoms with Gasteiger partial charge in [0.25, 0.3) is 0 Å². The molecule has 1 heterocycles. The Hall–Kier alpha value is -2.85. The van der Waals surface area contributed by atoms with E-state index in [0.29, 0.717) is 0 Å². The van der Waals surface area contributed by atoms with Gasteiger partial charge in [-0.2, -0.15) is 0 Å². The van der Waals surface area contributed by atoms with Crippen LogP contribution in [0.3, 0.4) is 0 Å². The molecule has 0 saturated carbocycles. The minimum atomic E-state index is -1.97. The average molecular weight is 329 g/mol. The Kier molecular flexibility index (Phi) is 5.87. The topological polar surface area (TPSA) is 159 Å². The van der Waals surface area contributed by atoms with Crippen LogP contribution in [0.5, 0.6) is 0 Å². The summed E-state index contributed by atoms with van der Waals surface area (Å²) in [5.41, 5.74) is -1.06. The number of allylic oxidation sites excluding steroid dienone is 1. The second kappa shape index (κ2) is 7.42. The number of carbonyl (C=O) groups excluding carboxylic acids is 3. The van der Waals surface area contributed by atoms with Crippen LogP contribution in [-0.4, -0.2) is 46.1 Å².